The van der Waals surface area contributed by atoms with Crippen LogP contribution in [-0.2, 0) is 6.42 Å². The number of H-pyrrole nitrogens is 1. The first-order chi connectivity index (χ1) is 8.33. The maximum absolute atomic E-state index is 11.8. The molecule has 1 aromatic heterocycles. The quantitative estimate of drug-likeness (QED) is 0.731. The van der Waals surface area contributed by atoms with Gasteiger partial charge in [-0.25, -0.2) is 0 Å². The van der Waals surface area contributed by atoms with E-state index >= 15 is 0 Å². The highest BCUT2D eigenvalue weighted by Gasteiger charge is 2.12. The van der Waals surface area contributed by atoms with Gasteiger partial charge in [0, 0.05) is 24.1 Å². The van der Waals surface area contributed by atoms with Crippen LogP contribution in [0.2, 0.25) is 0 Å². The summed E-state index contributed by atoms with van der Waals surface area (Å²) < 4.78 is 0. The summed E-state index contributed by atoms with van der Waals surface area (Å²) >= 11 is 0. The molecule has 0 unspecified atom stereocenters. The number of carbonyl (C=O) groups excluding carboxylic acids is 1. The smallest absolute Gasteiger partial charge is 0.273 e. The molecule has 1 aliphatic rings. The number of hydrogen-bond acceptors (Lipinski definition) is 3. The van der Waals surface area contributed by atoms with E-state index in [0.717, 1.165) is 24.3 Å². The Balaban J connectivity index is 1.80. The molecule has 0 saturated carbocycles. The zero-order valence-corrected chi connectivity index (χ0v) is 9.16. The van der Waals surface area contributed by atoms with Crippen LogP contribution in [0.15, 0.2) is 30.5 Å². The Morgan fingerprint density at radius 3 is 3.12 bits per heavy atom. The second-order valence-corrected chi connectivity index (χ2v) is 3.97. The minimum atomic E-state index is -0.173. The molecule has 0 spiro atoms. The van der Waals surface area contributed by atoms with Crippen molar-refractivity contribution in [1.29, 1.82) is 0 Å². The highest BCUT2D eigenvalue weighted by molar-refractivity contribution is 6.02. The summed E-state index contributed by atoms with van der Waals surface area (Å²) in [4.78, 5) is 11.8. The summed E-state index contributed by atoms with van der Waals surface area (Å²) in [6.45, 7) is 0.966. The summed E-state index contributed by atoms with van der Waals surface area (Å²) in [5.74, 6) is -0.173. The number of aromatic amines is 1. The minimum Gasteiger partial charge on any atom is -0.384 e. The number of hydrogen-bond donors (Lipinski definition) is 3. The molecule has 0 radical (unpaired) electrons. The molecule has 0 bridgehead atoms. The molecular formula is C12H12N4O. The average molecular weight is 228 g/mol. The second kappa shape index (κ2) is 3.93. The molecule has 0 fully saturated rings. The molecule has 1 aromatic carbocycles. The van der Waals surface area contributed by atoms with Crippen molar-refractivity contribution in [3.63, 3.8) is 0 Å². The number of nitrogens with one attached hydrogen (secondary N) is 3. The lowest BCUT2D eigenvalue weighted by Gasteiger charge is -2.06. The number of benzene rings is 1. The Morgan fingerprint density at radius 1 is 1.35 bits per heavy atom. The summed E-state index contributed by atoms with van der Waals surface area (Å²) in [5.41, 5.74) is 3.67. The van der Waals surface area contributed by atoms with Crippen molar-refractivity contribution in [2.45, 2.75) is 6.42 Å². The number of anilines is 2. The van der Waals surface area contributed by atoms with Gasteiger partial charge in [0.15, 0.2) is 0 Å². The molecule has 2 heterocycles. The van der Waals surface area contributed by atoms with E-state index in [0.29, 0.717) is 5.69 Å². The van der Waals surface area contributed by atoms with Crippen molar-refractivity contribution in [3.8, 4) is 0 Å². The van der Waals surface area contributed by atoms with Crippen LogP contribution < -0.4 is 10.6 Å². The van der Waals surface area contributed by atoms with Crippen LogP contribution in [-0.4, -0.2) is 22.6 Å². The number of amides is 1. The van der Waals surface area contributed by atoms with Gasteiger partial charge in [-0.3, -0.25) is 9.89 Å². The maximum Gasteiger partial charge on any atom is 0.273 e. The molecule has 1 amide bonds. The molecular weight excluding hydrogens is 216 g/mol. The number of nitrogens with zero attached hydrogens (tertiary/aromatic N) is 1. The van der Waals surface area contributed by atoms with Gasteiger partial charge in [-0.05, 0) is 36.2 Å². The van der Waals surface area contributed by atoms with E-state index in [2.05, 4.69) is 20.8 Å². The van der Waals surface area contributed by atoms with E-state index in [9.17, 15) is 4.79 Å². The molecule has 3 N–H and O–H groups in total. The Morgan fingerprint density at radius 2 is 2.29 bits per heavy atom. The molecule has 2 aromatic rings. The fourth-order valence-electron chi connectivity index (χ4n) is 1.96. The van der Waals surface area contributed by atoms with E-state index in [1.54, 1.807) is 12.3 Å². The number of rotatable bonds is 2. The third-order valence-corrected chi connectivity index (χ3v) is 2.82. The van der Waals surface area contributed by atoms with Crippen LogP contribution in [0, 0.1) is 0 Å². The second-order valence-electron chi connectivity index (χ2n) is 3.97. The largest absolute Gasteiger partial charge is 0.384 e. The third kappa shape index (κ3) is 1.87. The van der Waals surface area contributed by atoms with Crippen molar-refractivity contribution in [2.75, 3.05) is 17.2 Å². The van der Waals surface area contributed by atoms with Gasteiger partial charge in [-0.1, -0.05) is 0 Å². The van der Waals surface area contributed by atoms with Gasteiger partial charge in [0.05, 0.1) is 0 Å². The Hall–Kier alpha value is -2.30. The third-order valence-electron chi connectivity index (χ3n) is 2.82. The molecule has 86 valence electrons. The topological polar surface area (TPSA) is 69.8 Å². The Labute approximate surface area is 98.2 Å². The lowest BCUT2D eigenvalue weighted by molar-refractivity contribution is 0.102. The van der Waals surface area contributed by atoms with Crippen LogP contribution in [0.4, 0.5) is 11.4 Å². The van der Waals surface area contributed by atoms with Crippen molar-refractivity contribution >= 4 is 17.3 Å². The average Bonchev–Trinajstić information content (AvgIpc) is 2.99. The van der Waals surface area contributed by atoms with Crippen LogP contribution in [0.5, 0.6) is 0 Å². The Bertz CT molecular complexity index is 548. The maximum atomic E-state index is 11.8. The molecule has 3 rings (SSSR count). The van der Waals surface area contributed by atoms with E-state index in [1.165, 1.54) is 5.56 Å². The lowest BCUT2D eigenvalue weighted by Crippen LogP contribution is -2.12. The summed E-state index contributed by atoms with van der Waals surface area (Å²) in [7, 11) is 0. The molecule has 17 heavy (non-hydrogen) atoms. The van der Waals surface area contributed by atoms with Gasteiger partial charge in [0.2, 0.25) is 0 Å². The fourth-order valence-corrected chi connectivity index (χ4v) is 1.96. The molecule has 0 atom stereocenters. The Kier molecular flexibility index (Phi) is 2.29. The van der Waals surface area contributed by atoms with Gasteiger partial charge < -0.3 is 10.6 Å². The predicted molar refractivity (Wildman–Crippen MR) is 65.2 cm³/mol. The van der Waals surface area contributed by atoms with Crippen LogP contribution in [0.3, 0.4) is 0 Å². The van der Waals surface area contributed by atoms with Crippen LogP contribution in [0.25, 0.3) is 0 Å². The van der Waals surface area contributed by atoms with Crippen molar-refractivity contribution < 1.29 is 4.79 Å². The van der Waals surface area contributed by atoms with E-state index in [4.69, 9.17) is 0 Å². The SMILES string of the molecule is O=C(Nc1ccc2c(c1)CCN2)c1ccn[nH]1. The normalized spacial score (nSPS) is 12.9. The monoisotopic (exact) mass is 228 g/mol. The fraction of sp³-hybridized carbons (Fsp3) is 0.167. The zero-order valence-electron chi connectivity index (χ0n) is 9.16. The van der Waals surface area contributed by atoms with E-state index < -0.39 is 0 Å². The first kappa shape index (κ1) is 9.89. The highest BCUT2D eigenvalue weighted by Crippen LogP contribution is 2.25. The first-order valence-electron chi connectivity index (χ1n) is 5.50. The van der Waals surface area contributed by atoms with Gasteiger partial charge in [-0.15, -0.1) is 0 Å². The predicted octanol–water partition coefficient (Wildman–Crippen LogP) is 1.63. The first-order valence-corrected chi connectivity index (χ1v) is 5.50. The molecule has 5 nitrogen and oxygen atoms in total. The molecule has 0 saturated heterocycles. The van der Waals surface area contributed by atoms with Gasteiger partial charge in [0.1, 0.15) is 5.69 Å². The summed E-state index contributed by atoms with van der Waals surface area (Å²) in [6.07, 6.45) is 2.56. The number of carbonyl (C=O) groups is 1. The summed E-state index contributed by atoms with van der Waals surface area (Å²) in [5, 5.41) is 12.5. The molecule has 5 heteroatoms. The minimum absolute atomic E-state index is 0.173. The van der Waals surface area contributed by atoms with E-state index in [-0.39, 0.29) is 5.91 Å². The summed E-state index contributed by atoms with van der Waals surface area (Å²) in [6, 6.07) is 7.53. The molecule has 1 aliphatic heterocycles. The number of aromatic nitrogens is 2. The zero-order chi connectivity index (χ0) is 11.7. The standard InChI is InChI=1S/C12H12N4O/c17-12(11-4-6-14-16-11)15-9-1-2-10-8(7-9)3-5-13-10/h1-2,4,6-7,13H,3,5H2,(H,14,16)(H,15,17). The number of fused-ring (bicyclic) bond motifs is 1. The van der Waals surface area contributed by atoms with Crippen molar-refractivity contribution in [2.24, 2.45) is 0 Å². The van der Waals surface area contributed by atoms with Crippen LogP contribution >= 0.6 is 0 Å². The van der Waals surface area contributed by atoms with Crippen molar-refractivity contribution in [3.05, 3.63) is 41.7 Å². The molecule has 0 aliphatic carbocycles. The van der Waals surface area contributed by atoms with Gasteiger partial charge in [-0.2, -0.15) is 5.10 Å². The highest BCUT2D eigenvalue weighted by atomic mass is 16.1. The lowest BCUT2D eigenvalue weighted by atomic mass is 10.1. The van der Waals surface area contributed by atoms with Gasteiger partial charge >= 0.3 is 0 Å². The van der Waals surface area contributed by atoms with Crippen molar-refractivity contribution in [1.82, 2.24) is 10.2 Å². The van der Waals surface area contributed by atoms with E-state index in [1.807, 2.05) is 18.2 Å². The van der Waals surface area contributed by atoms with Gasteiger partial charge in [0.25, 0.3) is 5.91 Å². The van der Waals surface area contributed by atoms with Crippen LogP contribution in [0.1, 0.15) is 16.1 Å².